The van der Waals surface area contributed by atoms with E-state index in [9.17, 15) is 9.90 Å². The molecule has 0 spiro atoms. The van der Waals surface area contributed by atoms with E-state index in [1.165, 1.54) is 13.2 Å². The van der Waals surface area contributed by atoms with Gasteiger partial charge in [0.2, 0.25) is 0 Å². The fourth-order valence-electron chi connectivity index (χ4n) is 1.78. The molecule has 0 heterocycles. The Morgan fingerprint density at radius 2 is 1.89 bits per heavy atom. The Kier molecular flexibility index (Phi) is 3.98. The minimum absolute atomic E-state index is 0.0759. The molecule has 2 aromatic rings. The summed E-state index contributed by atoms with van der Waals surface area (Å²) in [4.78, 5) is 11.2. The van der Waals surface area contributed by atoms with Crippen molar-refractivity contribution >= 4 is 17.9 Å². The van der Waals surface area contributed by atoms with Gasteiger partial charge in [-0.3, -0.25) is 4.79 Å². The molecule has 19 heavy (non-hydrogen) atoms. The van der Waals surface area contributed by atoms with Crippen LogP contribution in [0.25, 0.3) is 11.6 Å². The van der Waals surface area contributed by atoms with E-state index >= 15 is 0 Å². The van der Waals surface area contributed by atoms with Crippen molar-refractivity contribution in [2.75, 3.05) is 7.11 Å². The molecular formula is C16H14O3. The first-order chi connectivity index (χ1) is 9.24. The summed E-state index contributed by atoms with van der Waals surface area (Å²) in [5, 5.41) is 9.53. The third-order valence-electron chi connectivity index (χ3n) is 2.76. The number of aldehydes is 1. The SMILES string of the molecule is COc1cc(C=C(C=O)c2ccccc2)ccc1O. The van der Waals surface area contributed by atoms with Gasteiger partial charge in [0, 0.05) is 5.57 Å². The third-order valence-corrected chi connectivity index (χ3v) is 2.76. The molecule has 2 aromatic carbocycles. The Bertz CT molecular complexity index is 601. The Hall–Kier alpha value is -2.55. The van der Waals surface area contributed by atoms with Gasteiger partial charge in [-0.15, -0.1) is 0 Å². The monoisotopic (exact) mass is 254 g/mol. The number of rotatable bonds is 4. The predicted molar refractivity (Wildman–Crippen MR) is 75.0 cm³/mol. The zero-order chi connectivity index (χ0) is 13.7. The van der Waals surface area contributed by atoms with Crippen molar-refractivity contribution in [2.24, 2.45) is 0 Å². The lowest BCUT2D eigenvalue weighted by atomic mass is 10.0. The fraction of sp³-hybridized carbons (Fsp3) is 0.0625. The summed E-state index contributed by atoms with van der Waals surface area (Å²) in [5.41, 5.74) is 2.22. The van der Waals surface area contributed by atoms with Gasteiger partial charge in [-0.1, -0.05) is 36.4 Å². The molecule has 0 saturated carbocycles. The number of aromatic hydroxyl groups is 1. The van der Waals surface area contributed by atoms with Crippen LogP contribution in [0.2, 0.25) is 0 Å². The van der Waals surface area contributed by atoms with Gasteiger partial charge >= 0.3 is 0 Å². The van der Waals surface area contributed by atoms with Gasteiger partial charge in [-0.2, -0.15) is 0 Å². The number of hydrogen-bond donors (Lipinski definition) is 1. The lowest BCUT2D eigenvalue weighted by Gasteiger charge is -2.05. The highest BCUT2D eigenvalue weighted by atomic mass is 16.5. The molecule has 0 fully saturated rings. The van der Waals surface area contributed by atoms with E-state index in [-0.39, 0.29) is 5.75 Å². The molecule has 0 aliphatic rings. The first kappa shape index (κ1) is 12.9. The fourth-order valence-corrected chi connectivity index (χ4v) is 1.78. The van der Waals surface area contributed by atoms with Crippen LogP contribution in [0, 0.1) is 0 Å². The van der Waals surface area contributed by atoms with Crippen LogP contribution in [-0.2, 0) is 4.79 Å². The van der Waals surface area contributed by atoms with Crippen molar-refractivity contribution in [3.63, 3.8) is 0 Å². The number of carbonyl (C=O) groups excluding carboxylic acids is 1. The minimum Gasteiger partial charge on any atom is -0.504 e. The second-order valence-corrected chi connectivity index (χ2v) is 4.01. The maximum absolute atomic E-state index is 11.2. The number of phenolic OH excluding ortho intramolecular Hbond substituents is 1. The lowest BCUT2D eigenvalue weighted by molar-refractivity contribution is -0.103. The average molecular weight is 254 g/mol. The number of ether oxygens (including phenoxy) is 1. The highest BCUT2D eigenvalue weighted by molar-refractivity contribution is 6.13. The molecule has 0 bridgehead atoms. The van der Waals surface area contributed by atoms with Crippen LogP contribution in [0.1, 0.15) is 11.1 Å². The third kappa shape index (κ3) is 3.01. The predicted octanol–water partition coefficient (Wildman–Crippen LogP) is 3.14. The molecule has 96 valence electrons. The molecule has 0 aliphatic heterocycles. The summed E-state index contributed by atoms with van der Waals surface area (Å²) < 4.78 is 5.04. The maximum Gasteiger partial charge on any atom is 0.161 e. The van der Waals surface area contributed by atoms with Crippen LogP contribution >= 0.6 is 0 Å². The van der Waals surface area contributed by atoms with Crippen molar-refractivity contribution in [2.45, 2.75) is 0 Å². The van der Waals surface area contributed by atoms with Crippen molar-refractivity contribution < 1.29 is 14.6 Å². The number of allylic oxidation sites excluding steroid dienone is 1. The number of methoxy groups -OCH3 is 1. The first-order valence-corrected chi connectivity index (χ1v) is 5.84. The molecule has 0 radical (unpaired) electrons. The molecule has 0 aliphatic carbocycles. The number of carbonyl (C=O) groups is 1. The van der Waals surface area contributed by atoms with Gasteiger partial charge in [0.1, 0.15) is 0 Å². The van der Waals surface area contributed by atoms with Gasteiger partial charge in [0.15, 0.2) is 17.8 Å². The van der Waals surface area contributed by atoms with Crippen LogP contribution in [0.3, 0.4) is 0 Å². The zero-order valence-electron chi connectivity index (χ0n) is 10.5. The van der Waals surface area contributed by atoms with E-state index in [1.807, 2.05) is 30.3 Å². The topological polar surface area (TPSA) is 46.5 Å². The zero-order valence-corrected chi connectivity index (χ0v) is 10.5. The van der Waals surface area contributed by atoms with E-state index in [0.29, 0.717) is 11.3 Å². The van der Waals surface area contributed by atoms with E-state index in [4.69, 9.17) is 4.74 Å². The molecule has 1 N–H and O–H groups in total. The average Bonchev–Trinajstić information content (AvgIpc) is 2.47. The molecule has 3 nitrogen and oxygen atoms in total. The van der Waals surface area contributed by atoms with Gasteiger partial charge < -0.3 is 9.84 Å². The molecule has 0 atom stereocenters. The summed E-state index contributed by atoms with van der Waals surface area (Å²) >= 11 is 0. The molecule has 0 unspecified atom stereocenters. The van der Waals surface area contributed by atoms with Crippen molar-refractivity contribution in [1.29, 1.82) is 0 Å². The number of benzene rings is 2. The quantitative estimate of drug-likeness (QED) is 0.518. The maximum atomic E-state index is 11.2. The molecule has 0 saturated heterocycles. The van der Waals surface area contributed by atoms with E-state index in [0.717, 1.165) is 17.4 Å². The molecule has 2 rings (SSSR count). The summed E-state index contributed by atoms with van der Waals surface area (Å²) in [5.74, 6) is 0.457. The minimum atomic E-state index is 0.0759. The van der Waals surface area contributed by atoms with Crippen molar-refractivity contribution in [3.05, 3.63) is 59.7 Å². The standard InChI is InChI=1S/C16H14O3/c1-19-16-10-12(7-8-15(16)18)9-14(11-17)13-5-3-2-4-6-13/h2-11,18H,1H3. The smallest absolute Gasteiger partial charge is 0.161 e. The number of hydrogen-bond acceptors (Lipinski definition) is 3. The van der Waals surface area contributed by atoms with Gasteiger partial charge in [0.25, 0.3) is 0 Å². The summed E-state index contributed by atoms with van der Waals surface area (Å²) in [7, 11) is 1.49. The lowest BCUT2D eigenvalue weighted by Crippen LogP contribution is -1.87. The van der Waals surface area contributed by atoms with Crippen molar-refractivity contribution in [3.8, 4) is 11.5 Å². The molecule has 3 heteroatoms. The van der Waals surface area contributed by atoms with Gasteiger partial charge in [0.05, 0.1) is 7.11 Å². The Balaban J connectivity index is 2.41. The Morgan fingerprint density at radius 1 is 1.16 bits per heavy atom. The Labute approximate surface area is 111 Å². The van der Waals surface area contributed by atoms with Crippen LogP contribution in [0.5, 0.6) is 11.5 Å². The van der Waals surface area contributed by atoms with Crippen LogP contribution in [0.15, 0.2) is 48.5 Å². The Morgan fingerprint density at radius 3 is 2.53 bits per heavy atom. The summed E-state index contributed by atoms with van der Waals surface area (Å²) in [6, 6.07) is 14.4. The molecular weight excluding hydrogens is 240 g/mol. The van der Waals surface area contributed by atoms with Gasteiger partial charge in [-0.25, -0.2) is 0 Å². The highest BCUT2D eigenvalue weighted by Gasteiger charge is 2.03. The second-order valence-electron chi connectivity index (χ2n) is 4.01. The van der Waals surface area contributed by atoms with Crippen molar-refractivity contribution in [1.82, 2.24) is 0 Å². The first-order valence-electron chi connectivity index (χ1n) is 5.84. The normalized spacial score (nSPS) is 11.1. The van der Waals surface area contributed by atoms with Crippen LogP contribution < -0.4 is 4.74 Å². The molecule has 0 amide bonds. The van der Waals surface area contributed by atoms with E-state index < -0.39 is 0 Å². The van der Waals surface area contributed by atoms with Crippen LogP contribution in [-0.4, -0.2) is 18.5 Å². The summed E-state index contributed by atoms with van der Waals surface area (Å²) in [6.07, 6.45) is 2.57. The van der Waals surface area contributed by atoms with Crippen LogP contribution in [0.4, 0.5) is 0 Å². The van der Waals surface area contributed by atoms with E-state index in [2.05, 4.69) is 0 Å². The van der Waals surface area contributed by atoms with E-state index in [1.54, 1.807) is 18.2 Å². The second kappa shape index (κ2) is 5.87. The highest BCUT2D eigenvalue weighted by Crippen LogP contribution is 2.28. The molecule has 0 aromatic heterocycles. The number of phenols is 1. The largest absolute Gasteiger partial charge is 0.504 e. The van der Waals surface area contributed by atoms with Gasteiger partial charge in [-0.05, 0) is 29.3 Å². The summed E-state index contributed by atoms with van der Waals surface area (Å²) in [6.45, 7) is 0.